The van der Waals surface area contributed by atoms with Crippen molar-refractivity contribution in [3.05, 3.63) is 71.6 Å². The second-order valence-electron chi connectivity index (χ2n) is 4.67. The van der Waals surface area contributed by atoms with Crippen molar-refractivity contribution in [2.75, 3.05) is 6.61 Å². The van der Waals surface area contributed by atoms with E-state index < -0.39 is 9.73 Å². The molecule has 0 saturated carbocycles. The van der Waals surface area contributed by atoms with Crippen LogP contribution in [-0.4, -0.2) is 16.8 Å². The molecule has 0 N–H and O–H groups in total. The van der Waals surface area contributed by atoms with E-state index in [-0.39, 0.29) is 6.02 Å². The molecule has 4 nitrogen and oxygen atoms in total. The molecule has 22 heavy (non-hydrogen) atoms. The lowest BCUT2D eigenvalue weighted by molar-refractivity contribution is 0.323. The zero-order valence-corrected chi connectivity index (χ0v) is 13.0. The van der Waals surface area contributed by atoms with Crippen LogP contribution >= 0.6 is 0 Å². The van der Waals surface area contributed by atoms with Gasteiger partial charge in [-0.15, -0.1) is 4.36 Å². The fourth-order valence-corrected chi connectivity index (χ4v) is 3.77. The van der Waals surface area contributed by atoms with Crippen molar-refractivity contribution in [1.29, 1.82) is 0 Å². The first-order valence-electron chi connectivity index (χ1n) is 7.02. The molecule has 0 bridgehead atoms. The van der Waals surface area contributed by atoms with Gasteiger partial charge in [0.15, 0.2) is 0 Å². The Balaban J connectivity index is 2.16. The Kier molecular flexibility index (Phi) is 4.06. The molecule has 0 aromatic heterocycles. The number of benzene rings is 2. The average Bonchev–Trinajstić information content (AvgIpc) is 2.56. The number of ether oxygens (including phenoxy) is 1. The zero-order valence-electron chi connectivity index (χ0n) is 12.2. The molecule has 2 aromatic carbocycles. The van der Waals surface area contributed by atoms with Crippen molar-refractivity contribution in [2.45, 2.75) is 11.8 Å². The van der Waals surface area contributed by atoms with Gasteiger partial charge in [0.25, 0.3) is 0 Å². The number of nitrogens with zero attached hydrogens (tertiary/aromatic N) is 2. The third-order valence-corrected chi connectivity index (χ3v) is 5.04. The Morgan fingerprint density at radius 3 is 2.27 bits per heavy atom. The highest BCUT2D eigenvalue weighted by Crippen LogP contribution is 2.27. The number of hydrogen-bond acceptors (Lipinski definition) is 4. The van der Waals surface area contributed by atoms with Crippen LogP contribution in [0.1, 0.15) is 12.5 Å². The maximum Gasteiger partial charge on any atom is 0.325 e. The maximum atomic E-state index is 13.3. The molecular weight excluding hydrogens is 296 g/mol. The summed E-state index contributed by atoms with van der Waals surface area (Å²) in [4.78, 5) is 5.02. The minimum atomic E-state index is -2.73. The highest BCUT2D eigenvalue weighted by molar-refractivity contribution is 7.97. The van der Waals surface area contributed by atoms with Gasteiger partial charge in [-0.1, -0.05) is 48.5 Å². The molecular formula is C17H16N2O2S. The Morgan fingerprint density at radius 1 is 1.00 bits per heavy atom. The molecule has 0 radical (unpaired) electrons. The average molecular weight is 312 g/mol. The van der Waals surface area contributed by atoms with E-state index in [1.807, 2.05) is 55.5 Å². The van der Waals surface area contributed by atoms with Crippen LogP contribution in [-0.2, 0) is 14.5 Å². The minimum absolute atomic E-state index is 0.165. The van der Waals surface area contributed by atoms with Crippen molar-refractivity contribution < 1.29 is 8.95 Å². The fourth-order valence-electron chi connectivity index (χ4n) is 2.11. The molecule has 112 valence electrons. The van der Waals surface area contributed by atoms with Crippen molar-refractivity contribution in [3.63, 3.8) is 0 Å². The standard InChI is InChI=1S/C17H16N2O2S/c1-2-21-17-18-16(14-9-5-3-6-10-14)13-22(20,19-17)15-11-7-4-8-12-15/h3-13H,2H2,1H3. The first-order valence-corrected chi connectivity index (χ1v) is 8.60. The quantitative estimate of drug-likeness (QED) is 0.862. The number of aliphatic imine (C=N–C) groups is 1. The summed E-state index contributed by atoms with van der Waals surface area (Å²) in [5.74, 6) is 0. The van der Waals surface area contributed by atoms with Gasteiger partial charge in [-0.3, -0.25) is 0 Å². The number of rotatable bonds is 3. The summed E-state index contributed by atoms with van der Waals surface area (Å²) in [5.41, 5.74) is 1.51. The third-order valence-electron chi connectivity index (χ3n) is 3.13. The van der Waals surface area contributed by atoms with Gasteiger partial charge in [0, 0.05) is 11.0 Å². The molecule has 0 saturated heterocycles. The lowest BCUT2D eigenvalue weighted by Crippen LogP contribution is -2.11. The number of amidine groups is 1. The Bertz CT molecular complexity index is 833. The summed E-state index contributed by atoms with van der Waals surface area (Å²) in [6.07, 6.45) is 0. The monoisotopic (exact) mass is 312 g/mol. The van der Waals surface area contributed by atoms with Gasteiger partial charge in [0.2, 0.25) is 0 Å². The minimum Gasteiger partial charge on any atom is -0.463 e. The summed E-state index contributed by atoms with van der Waals surface area (Å²) in [6, 6.07) is 19.0. The van der Waals surface area contributed by atoms with Crippen molar-refractivity contribution in [2.24, 2.45) is 9.36 Å². The molecule has 1 heterocycles. The van der Waals surface area contributed by atoms with Gasteiger partial charge < -0.3 is 4.74 Å². The second-order valence-corrected chi connectivity index (χ2v) is 6.70. The summed E-state index contributed by atoms with van der Waals surface area (Å²) in [5, 5.41) is 1.63. The molecule has 5 heteroatoms. The van der Waals surface area contributed by atoms with Crippen LogP contribution in [0.3, 0.4) is 0 Å². The lowest BCUT2D eigenvalue weighted by Gasteiger charge is -2.14. The Hall–Kier alpha value is -2.40. The molecule has 0 aliphatic carbocycles. The summed E-state index contributed by atoms with van der Waals surface area (Å²) >= 11 is 0. The smallest absolute Gasteiger partial charge is 0.325 e. The van der Waals surface area contributed by atoms with Crippen LogP contribution in [0.2, 0.25) is 0 Å². The molecule has 0 amide bonds. The summed E-state index contributed by atoms with van der Waals surface area (Å²) in [7, 11) is -2.73. The summed E-state index contributed by atoms with van der Waals surface area (Å²) < 4.78 is 22.9. The van der Waals surface area contributed by atoms with E-state index in [1.54, 1.807) is 17.5 Å². The Labute approximate surface area is 130 Å². The molecule has 0 fully saturated rings. The van der Waals surface area contributed by atoms with Gasteiger partial charge in [0.1, 0.15) is 9.73 Å². The van der Waals surface area contributed by atoms with Crippen molar-refractivity contribution >= 4 is 21.4 Å². The molecule has 3 rings (SSSR count). The van der Waals surface area contributed by atoms with Gasteiger partial charge in [-0.05, 0) is 19.1 Å². The van der Waals surface area contributed by atoms with Crippen LogP contribution < -0.4 is 0 Å². The van der Waals surface area contributed by atoms with E-state index in [2.05, 4.69) is 9.36 Å². The van der Waals surface area contributed by atoms with Crippen LogP contribution in [0.5, 0.6) is 0 Å². The molecule has 2 aromatic rings. The van der Waals surface area contributed by atoms with Crippen LogP contribution in [0.15, 0.2) is 80.3 Å². The first kappa shape index (κ1) is 14.5. The van der Waals surface area contributed by atoms with Gasteiger partial charge in [0.05, 0.1) is 17.2 Å². The first-order chi connectivity index (χ1) is 10.7. The third kappa shape index (κ3) is 2.94. The van der Waals surface area contributed by atoms with Crippen LogP contribution in [0.25, 0.3) is 5.70 Å². The van der Waals surface area contributed by atoms with Gasteiger partial charge >= 0.3 is 6.02 Å². The number of hydrogen-bond donors (Lipinski definition) is 0. The Morgan fingerprint density at radius 2 is 1.64 bits per heavy atom. The van der Waals surface area contributed by atoms with E-state index in [0.717, 1.165) is 5.56 Å². The van der Waals surface area contributed by atoms with Crippen molar-refractivity contribution in [3.8, 4) is 0 Å². The molecule has 1 aliphatic rings. The normalized spacial score (nSPS) is 20.6. The molecule has 0 spiro atoms. The highest BCUT2D eigenvalue weighted by atomic mass is 32.2. The summed E-state index contributed by atoms with van der Waals surface area (Å²) in [6.45, 7) is 2.28. The van der Waals surface area contributed by atoms with E-state index in [1.165, 1.54) is 0 Å². The van der Waals surface area contributed by atoms with E-state index in [4.69, 9.17) is 4.74 Å². The zero-order chi connectivity index (χ0) is 15.4. The predicted octanol–water partition coefficient (Wildman–Crippen LogP) is 3.92. The van der Waals surface area contributed by atoms with Gasteiger partial charge in [-0.2, -0.15) is 4.99 Å². The van der Waals surface area contributed by atoms with Crippen molar-refractivity contribution in [1.82, 2.24) is 0 Å². The SMILES string of the molecule is CCOC1=NC(c2ccccc2)=CS(=O)(c2ccccc2)=N1. The lowest BCUT2D eigenvalue weighted by atomic mass is 10.2. The largest absolute Gasteiger partial charge is 0.463 e. The van der Waals surface area contributed by atoms with Crippen LogP contribution in [0.4, 0.5) is 0 Å². The maximum absolute atomic E-state index is 13.3. The predicted molar refractivity (Wildman–Crippen MR) is 88.8 cm³/mol. The molecule has 1 unspecified atom stereocenters. The second kappa shape index (κ2) is 6.15. The fraction of sp³-hybridized carbons (Fsp3) is 0.118. The molecule has 1 atom stereocenters. The van der Waals surface area contributed by atoms with Gasteiger partial charge in [-0.25, -0.2) is 4.21 Å². The molecule has 1 aliphatic heterocycles. The topological polar surface area (TPSA) is 51.0 Å². The highest BCUT2D eigenvalue weighted by Gasteiger charge is 2.19. The van der Waals surface area contributed by atoms with E-state index in [0.29, 0.717) is 17.2 Å². The van der Waals surface area contributed by atoms with E-state index in [9.17, 15) is 4.21 Å². The van der Waals surface area contributed by atoms with E-state index >= 15 is 0 Å². The van der Waals surface area contributed by atoms with Crippen LogP contribution in [0, 0.1) is 0 Å².